The van der Waals surface area contributed by atoms with Crippen LogP contribution in [0.3, 0.4) is 0 Å². The molecule has 0 radical (unpaired) electrons. The van der Waals surface area contributed by atoms with Gasteiger partial charge in [0, 0.05) is 6.42 Å². The summed E-state index contributed by atoms with van der Waals surface area (Å²) in [5.41, 5.74) is -0.739. The molecule has 130 valence electrons. The first-order chi connectivity index (χ1) is 11.7. The molecule has 3 heterocycles. The molecule has 1 aromatic rings. The van der Waals surface area contributed by atoms with Crippen LogP contribution in [0.15, 0.2) is 12.1 Å². The Morgan fingerprint density at radius 2 is 1.96 bits per heavy atom. The van der Waals surface area contributed by atoms with Crippen molar-refractivity contribution in [1.29, 1.82) is 5.26 Å². The third-order valence-corrected chi connectivity index (χ3v) is 6.50. The van der Waals surface area contributed by atoms with Crippen molar-refractivity contribution in [2.75, 3.05) is 4.90 Å². The number of hydrogen-bond acceptors (Lipinski definition) is 5. The minimum atomic E-state index is -1.06. The van der Waals surface area contributed by atoms with Gasteiger partial charge in [-0.25, -0.2) is 4.90 Å². The lowest BCUT2D eigenvalue weighted by Crippen LogP contribution is -2.49. The Morgan fingerprint density at radius 3 is 2.60 bits per heavy atom. The van der Waals surface area contributed by atoms with Gasteiger partial charge in [0.25, 0.3) is 0 Å². The minimum absolute atomic E-state index is 0.231. The van der Waals surface area contributed by atoms with Gasteiger partial charge in [0.15, 0.2) is 0 Å². The standard InChI is InChI=1S/C18H17ClN2O4/c1-8-10(5-4-9(7-20)14(8)19)21-15(23)12-13(16(21)24)18(3)11(22)6-17(12,2)25-18/h4-5,11-13,22H,6H2,1-3H3/t11-,12+,13-,17?,18?/m0/s1. The summed E-state index contributed by atoms with van der Waals surface area (Å²) < 4.78 is 5.95. The van der Waals surface area contributed by atoms with Crippen molar-refractivity contribution in [1.82, 2.24) is 0 Å². The molecule has 0 spiro atoms. The maximum atomic E-state index is 13.1. The molecule has 3 saturated heterocycles. The number of aliphatic hydroxyl groups excluding tert-OH is 1. The molecule has 6 nitrogen and oxygen atoms in total. The number of amides is 2. The number of imide groups is 1. The first-order valence-corrected chi connectivity index (χ1v) is 8.49. The van der Waals surface area contributed by atoms with E-state index in [1.165, 1.54) is 6.07 Å². The van der Waals surface area contributed by atoms with Crippen molar-refractivity contribution in [2.24, 2.45) is 11.8 Å². The molecule has 5 atom stereocenters. The Hall–Kier alpha value is -1.94. The Morgan fingerprint density at radius 1 is 1.32 bits per heavy atom. The molecule has 2 amide bonds. The number of nitrogens with zero attached hydrogens (tertiary/aromatic N) is 2. The number of anilines is 1. The molecular weight excluding hydrogens is 344 g/mol. The highest BCUT2D eigenvalue weighted by atomic mass is 35.5. The van der Waals surface area contributed by atoms with E-state index in [4.69, 9.17) is 21.6 Å². The van der Waals surface area contributed by atoms with Gasteiger partial charge in [0.1, 0.15) is 11.7 Å². The largest absolute Gasteiger partial charge is 0.390 e. The van der Waals surface area contributed by atoms with Gasteiger partial charge in [0.05, 0.1) is 39.8 Å². The highest BCUT2D eigenvalue weighted by Gasteiger charge is 2.75. The molecular formula is C18H17ClN2O4. The lowest BCUT2D eigenvalue weighted by molar-refractivity contribution is -0.132. The molecule has 0 aliphatic carbocycles. The number of benzene rings is 1. The van der Waals surface area contributed by atoms with Gasteiger partial charge in [0.2, 0.25) is 11.8 Å². The maximum absolute atomic E-state index is 13.1. The lowest BCUT2D eigenvalue weighted by Gasteiger charge is -2.31. The topological polar surface area (TPSA) is 90.6 Å². The van der Waals surface area contributed by atoms with Crippen LogP contribution in [-0.4, -0.2) is 34.2 Å². The van der Waals surface area contributed by atoms with Gasteiger partial charge in [-0.1, -0.05) is 11.6 Å². The van der Waals surface area contributed by atoms with E-state index in [1.807, 2.05) is 6.07 Å². The van der Waals surface area contributed by atoms with Gasteiger partial charge in [-0.3, -0.25) is 9.59 Å². The summed E-state index contributed by atoms with van der Waals surface area (Å²) in [5.74, 6) is -2.06. The van der Waals surface area contributed by atoms with Gasteiger partial charge >= 0.3 is 0 Å². The molecule has 25 heavy (non-hydrogen) atoms. The molecule has 3 aliphatic rings. The molecule has 3 fully saturated rings. The van der Waals surface area contributed by atoms with E-state index >= 15 is 0 Å². The van der Waals surface area contributed by atoms with Crippen molar-refractivity contribution in [3.05, 3.63) is 28.3 Å². The zero-order valence-corrected chi connectivity index (χ0v) is 14.8. The van der Waals surface area contributed by atoms with Gasteiger partial charge in [-0.05, 0) is 38.5 Å². The average Bonchev–Trinajstić information content (AvgIpc) is 3.05. The summed E-state index contributed by atoms with van der Waals surface area (Å²) in [6.45, 7) is 5.15. The lowest BCUT2D eigenvalue weighted by atomic mass is 9.67. The Kier molecular flexibility index (Phi) is 3.19. The fraction of sp³-hybridized carbons (Fsp3) is 0.500. The molecule has 0 aromatic heterocycles. The maximum Gasteiger partial charge on any atom is 0.240 e. The molecule has 4 rings (SSSR count). The van der Waals surface area contributed by atoms with Crippen LogP contribution in [0, 0.1) is 30.1 Å². The number of hydrogen-bond donors (Lipinski definition) is 1. The second kappa shape index (κ2) is 4.82. The molecule has 0 saturated carbocycles. The SMILES string of the molecule is Cc1c(N2C(=O)[C@@H]3[C@H](C2=O)C2(C)C[C@H](O)C3(C)O2)ccc(C#N)c1Cl. The van der Waals surface area contributed by atoms with Crippen molar-refractivity contribution in [3.8, 4) is 6.07 Å². The van der Waals surface area contributed by atoms with Crippen LogP contribution in [0.2, 0.25) is 5.02 Å². The molecule has 2 unspecified atom stereocenters. The number of ether oxygens (including phenoxy) is 1. The van der Waals surface area contributed by atoms with Gasteiger partial charge < -0.3 is 9.84 Å². The number of aliphatic hydroxyl groups is 1. The summed E-state index contributed by atoms with van der Waals surface area (Å²) >= 11 is 6.20. The predicted octanol–water partition coefficient (Wildman–Crippen LogP) is 1.94. The van der Waals surface area contributed by atoms with Crippen LogP contribution < -0.4 is 4.90 Å². The van der Waals surface area contributed by atoms with Crippen molar-refractivity contribution >= 4 is 29.1 Å². The summed E-state index contributed by atoms with van der Waals surface area (Å²) in [7, 11) is 0. The Labute approximate surface area is 149 Å². The van der Waals surface area contributed by atoms with Crippen LogP contribution in [0.25, 0.3) is 0 Å². The zero-order valence-electron chi connectivity index (χ0n) is 14.0. The van der Waals surface area contributed by atoms with E-state index in [-0.39, 0.29) is 16.8 Å². The number of carbonyl (C=O) groups excluding carboxylic acids is 2. The van der Waals surface area contributed by atoms with E-state index in [0.717, 1.165) is 4.90 Å². The summed E-state index contributed by atoms with van der Waals surface area (Å²) in [5, 5.41) is 19.7. The Balaban J connectivity index is 1.84. The zero-order chi connectivity index (χ0) is 18.3. The molecule has 1 N–H and O–H groups in total. The van der Waals surface area contributed by atoms with Crippen LogP contribution in [-0.2, 0) is 14.3 Å². The van der Waals surface area contributed by atoms with Gasteiger partial charge in [-0.15, -0.1) is 0 Å². The van der Waals surface area contributed by atoms with Crippen LogP contribution in [0.5, 0.6) is 0 Å². The highest BCUT2D eigenvalue weighted by Crippen LogP contribution is 2.61. The van der Waals surface area contributed by atoms with Gasteiger partial charge in [-0.2, -0.15) is 5.26 Å². The monoisotopic (exact) mass is 360 g/mol. The quantitative estimate of drug-likeness (QED) is 0.773. The van der Waals surface area contributed by atoms with Crippen LogP contribution in [0.1, 0.15) is 31.4 Å². The van der Waals surface area contributed by atoms with Crippen molar-refractivity contribution < 1.29 is 19.4 Å². The highest BCUT2D eigenvalue weighted by molar-refractivity contribution is 6.33. The average molecular weight is 361 g/mol. The van der Waals surface area contributed by atoms with Crippen molar-refractivity contribution in [3.63, 3.8) is 0 Å². The molecule has 3 aliphatic heterocycles. The summed E-state index contributed by atoms with van der Waals surface area (Å²) in [6, 6.07) is 5.06. The van der Waals surface area contributed by atoms with Crippen LogP contribution in [0.4, 0.5) is 5.69 Å². The second-order valence-electron chi connectivity index (χ2n) is 7.47. The molecule has 1 aromatic carbocycles. The van der Waals surface area contributed by atoms with E-state index in [2.05, 4.69) is 0 Å². The summed E-state index contributed by atoms with van der Waals surface area (Å²) in [4.78, 5) is 27.3. The fourth-order valence-corrected chi connectivity index (χ4v) is 4.96. The second-order valence-corrected chi connectivity index (χ2v) is 7.85. The number of fused-ring (bicyclic) bond motifs is 5. The van der Waals surface area contributed by atoms with Crippen molar-refractivity contribution in [2.45, 2.75) is 44.5 Å². The third kappa shape index (κ3) is 1.81. The van der Waals surface area contributed by atoms with E-state index < -0.39 is 29.1 Å². The number of carbonyl (C=O) groups is 2. The molecule has 2 bridgehead atoms. The summed E-state index contributed by atoms with van der Waals surface area (Å²) in [6.07, 6.45) is -0.467. The third-order valence-electron chi connectivity index (χ3n) is 6.01. The molecule has 7 heteroatoms. The fourth-order valence-electron chi connectivity index (χ4n) is 4.76. The van der Waals surface area contributed by atoms with E-state index in [9.17, 15) is 14.7 Å². The smallest absolute Gasteiger partial charge is 0.240 e. The number of rotatable bonds is 1. The first-order valence-electron chi connectivity index (χ1n) is 8.11. The normalized spacial score (nSPS) is 39.0. The predicted molar refractivity (Wildman–Crippen MR) is 88.9 cm³/mol. The Bertz CT molecular complexity index is 879. The number of halogens is 1. The number of nitriles is 1. The van der Waals surface area contributed by atoms with Crippen LogP contribution >= 0.6 is 11.6 Å². The van der Waals surface area contributed by atoms with E-state index in [1.54, 1.807) is 26.8 Å². The minimum Gasteiger partial charge on any atom is -0.390 e. The van der Waals surface area contributed by atoms with E-state index in [0.29, 0.717) is 23.2 Å². The first kappa shape index (κ1) is 16.5.